The summed E-state index contributed by atoms with van der Waals surface area (Å²) in [6.45, 7) is 2.27. The maximum absolute atomic E-state index is 12.7. The van der Waals surface area contributed by atoms with Crippen LogP contribution >= 0.6 is 0 Å². The van der Waals surface area contributed by atoms with Crippen molar-refractivity contribution in [2.45, 2.75) is 32.2 Å². The first-order valence-corrected chi connectivity index (χ1v) is 10.9. The number of carbonyl (C=O) groups excluding carboxylic acids is 3. The molecule has 2 aliphatic heterocycles. The molecule has 7 nitrogen and oxygen atoms in total. The smallest absolute Gasteiger partial charge is 0.321 e. The van der Waals surface area contributed by atoms with Gasteiger partial charge in [0.2, 0.25) is 11.8 Å². The molecule has 2 aliphatic rings. The highest BCUT2D eigenvalue weighted by molar-refractivity contribution is 5.95. The number of carbonyl (C=O) groups is 3. The fraction of sp³-hybridized carbons (Fsp3) is 0.375. The average Bonchev–Trinajstić information content (AvgIpc) is 3.24. The van der Waals surface area contributed by atoms with Gasteiger partial charge in [0, 0.05) is 44.0 Å². The number of rotatable bonds is 5. The third kappa shape index (κ3) is 5.23. The van der Waals surface area contributed by atoms with E-state index in [-0.39, 0.29) is 23.8 Å². The summed E-state index contributed by atoms with van der Waals surface area (Å²) < 4.78 is 0. The van der Waals surface area contributed by atoms with E-state index in [1.54, 1.807) is 9.80 Å². The molecule has 1 atom stereocenters. The summed E-state index contributed by atoms with van der Waals surface area (Å²) in [4.78, 5) is 40.6. The third-order valence-electron chi connectivity index (χ3n) is 5.89. The largest absolute Gasteiger partial charge is 0.352 e. The van der Waals surface area contributed by atoms with E-state index in [0.717, 1.165) is 42.7 Å². The van der Waals surface area contributed by atoms with Gasteiger partial charge in [-0.3, -0.25) is 9.59 Å². The summed E-state index contributed by atoms with van der Waals surface area (Å²) in [5, 5.41) is 5.89. The van der Waals surface area contributed by atoms with Gasteiger partial charge in [0.15, 0.2) is 0 Å². The molecule has 2 aromatic carbocycles. The van der Waals surface area contributed by atoms with E-state index in [9.17, 15) is 14.4 Å². The maximum atomic E-state index is 12.7. The van der Waals surface area contributed by atoms with Gasteiger partial charge < -0.3 is 20.4 Å². The van der Waals surface area contributed by atoms with Gasteiger partial charge in [-0.05, 0) is 49.1 Å². The minimum Gasteiger partial charge on any atom is -0.352 e. The molecule has 4 rings (SSSR count). The molecular formula is C24H28N4O3. The standard InChI is InChI=1S/C24H28N4O3/c29-22-9-5-15-28(22)21-12-10-18(11-13-21)16-25-23(30)19-6-4-14-27(17-19)24(31)26-20-7-2-1-3-8-20/h1-3,7-8,10-13,19H,4-6,9,14-17H2,(H,25,30)(H,26,31). The second-order valence-corrected chi connectivity index (χ2v) is 8.11. The van der Waals surface area contributed by atoms with Crippen molar-refractivity contribution in [3.05, 3.63) is 60.2 Å². The first kappa shape index (κ1) is 20.9. The third-order valence-corrected chi connectivity index (χ3v) is 5.89. The number of nitrogens with zero attached hydrogens (tertiary/aromatic N) is 2. The summed E-state index contributed by atoms with van der Waals surface area (Å²) in [7, 11) is 0. The summed E-state index contributed by atoms with van der Waals surface area (Å²) in [6, 6.07) is 16.9. The molecule has 0 aromatic heterocycles. The van der Waals surface area contributed by atoms with Crippen molar-refractivity contribution >= 4 is 29.2 Å². The molecule has 2 fully saturated rings. The Morgan fingerprint density at radius 3 is 2.45 bits per heavy atom. The van der Waals surface area contributed by atoms with Crippen molar-refractivity contribution in [1.82, 2.24) is 10.2 Å². The van der Waals surface area contributed by atoms with E-state index in [1.807, 2.05) is 54.6 Å². The van der Waals surface area contributed by atoms with Crippen LogP contribution in [0.5, 0.6) is 0 Å². The molecule has 2 saturated heterocycles. The lowest BCUT2D eigenvalue weighted by Gasteiger charge is -2.32. The number of nitrogens with one attached hydrogen (secondary N) is 2. The van der Waals surface area contributed by atoms with E-state index in [0.29, 0.717) is 26.1 Å². The monoisotopic (exact) mass is 420 g/mol. The average molecular weight is 421 g/mol. The van der Waals surface area contributed by atoms with Crippen molar-refractivity contribution < 1.29 is 14.4 Å². The van der Waals surface area contributed by atoms with Gasteiger partial charge in [-0.15, -0.1) is 0 Å². The molecule has 2 heterocycles. The van der Waals surface area contributed by atoms with Crippen molar-refractivity contribution in [2.24, 2.45) is 5.92 Å². The summed E-state index contributed by atoms with van der Waals surface area (Å²) in [5.41, 5.74) is 2.64. The van der Waals surface area contributed by atoms with Crippen LogP contribution in [0.4, 0.5) is 16.2 Å². The van der Waals surface area contributed by atoms with Crippen LogP contribution in [0.3, 0.4) is 0 Å². The molecular weight excluding hydrogens is 392 g/mol. The Morgan fingerprint density at radius 2 is 1.74 bits per heavy atom. The Hall–Kier alpha value is -3.35. The van der Waals surface area contributed by atoms with Crippen molar-refractivity contribution in [1.29, 1.82) is 0 Å². The molecule has 31 heavy (non-hydrogen) atoms. The zero-order valence-electron chi connectivity index (χ0n) is 17.5. The van der Waals surface area contributed by atoms with Crippen molar-refractivity contribution in [3.63, 3.8) is 0 Å². The number of benzene rings is 2. The zero-order valence-corrected chi connectivity index (χ0v) is 17.5. The highest BCUT2D eigenvalue weighted by Gasteiger charge is 2.28. The molecule has 4 amide bonds. The molecule has 0 aliphatic carbocycles. The molecule has 7 heteroatoms. The molecule has 0 bridgehead atoms. The number of para-hydroxylation sites is 1. The van der Waals surface area contributed by atoms with E-state index in [1.165, 1.54) is 0 Å². The summed E-state index contributed by atoms with van der Waals surface area (Å²) in [6.07, 6.45) is 3.09. The van der Waals surface area contributed by atoms with Crippen LogP contribution in [0.2, 0.25) is 0 Å². The highest BCUT2D eigenvalue weighted by atomic mass is 16.2. The Bertz CT molecular complexity index is 930. The minimum atomic E-state index is -0.211. The minimum absolute atomic E-state index is 0.0315. The molecule has 162 valence electrons. The lowest BCUT2D eigenvalue weighted by atomic mass is 9.97. The fourth-order valence-corrected chi connectivity index (χ4v) is 4.15. The predicted molar refractivity (Wildman–Crippen MR) is 120 cm³/mol. The van der Waals surface area contributed by atoms with Crippen LogP contribution in [-0.4, -0.2) is 42.4 Å². The maximum Gasteiger partial charge on any atom is 0.321 e. The summed E-state index contributed by atoms with van der Waals surface area (Å²) in [5.74, 6) is -0.0769. The molecule has 0 spiro atoms. The number of likely N-dealkylation sites (tertiary alicyclic amines) is 1. The van der Waals surface area contributed by atoms with Gasteiger partial charge in [-0.25, -0.2) is 4.79 Å². The SMILES string of the molecule is O=C(NCc1ccc(N2CCCC2=O)cc1)C1CCCN(C(=O)Nc2ccccc2)C1. The zero-order chi connectivity index (χ0) is 21.6. The van der Waals surface area contributed by atoms with E-state index < -0.39 is 0 Å². The van der Waals surface area contributed by atoms with E-state index in [4.69, 9.17) is 0 Å². The molecule has 0 radical (unpaired) electrons. The van der Waals surface area contributed by atoms with Crippen LogP contribution in [0, 0.1) is 5.92 Å². The van der Waals surface area contributed by atoms with Gasteiger partial charge in [-0.2, -0.15) is 0 Å². The Morgan fingerprint density at radius 1 is 0.968 bits per heavy atom. The van der Waals surface area contributed by atoms with Crippen LogP contribution in [-0.2, 0) is 16.1 Å². The van der Waals surface area contributed by atoms with Crippen LogP contribution in [0.15, 0.2) is 54.6 Å². The van der Waals surface area contributed by atoms with E-state index >= 15 is 0 Å². The van der Waals surface area contributed by atoms with Crippen LogP contribution in [0.1, 0.15) is 31.2 Å². The van der Waals surface area contributed by atoms with Gasteiger partial charge in [-0.1, -0.05) is 30.3 Å². The normalized spacial score (nSPS) is 18.7. The number of anilines is 2. The number of hydrogen-bond acceptors (Lipinski definition) is 3. The molecule has 2 N–H and O–H groups in total. The van der Waals surface area contributed by atoms with Gasteiger partial charge in [0.25, 0.3) is 0 Å². The van der Waals surface area contributed by atoms with Crippen molar-refractivity contribution in [2.75, 3.05) is 29.9 Å². The molecule has 0 saturated carbocycles. The predicted octanol–water partition coefficient (Wildman–Crippen LogP) is 3.37. The first-order chi connectivity index (χ1) is 15.1. The first-order valence-electron chi connectivity index (χ1n) is 10.9. The van der Waals surface area contributed by atoms with Crippen LogP contribution in [0.25, 0.3) is 0 Å². The molecule has 2 aromatic rings. The Balaban J connectivity index is 1.27. The number of amides is 4. The Labute approximate surface area is 182 Å². The van der Waals surface area contributed by atoms with Gasteiger partial charge >= 0.3 is 6.03 Å². The number of urea groups is 1. The second-order valence-electron chi connectivity index (χ2n) is 8.11. The van der Waals surface area contributed by atoms with Gasteiger partial charge in [0.1, 0.15) is 0 Å². The quantitative estimate of drug-likeness (QED) is 0.778. The second kappa shape index (κ2) is 9.64. The van der Waals surface area contributed by atoms with E-state index in [2.05, 4.69) is 10.6 Å². The number of hydrogen-bond donors (Lipinski definition) is 2. The summed E-state index contributed by atoms with van der Waals surface area (Å²) >= 11 is 0. The Kier molecular flexibility index (Phi) is 6.50. The fourth-order valence-electron chi connectivity index (χ4n) is 4.15. The number of piperidine rings is 1. The lowest BCUT2D eigenvalue weighted by Crippen LogP contribution is -2.46. The van der Waals surface area contributed by atoms with Gasteiger partial charge in [0.05, 0.1) is 5.92 Å². The van der Waals surface area contributed by atoms with Crippen LogP contribution < -0.4 is 15.5 Å². The van der Waals surface area contributed by atoms with Crippen molar-refractivity contribution in [3.8, 4) is 0 Å². The molecule has 1 unspecified atom stereocenters. The lowest BCUT2D eigenvalue weighted by molar-refractivity contribution is -0.126. The highest BCUT2D eigenvalue weighted by Crippen LogP contribution is 2.22. The topological polar surface area (TPSA) is 81.8 Å².